The molecule has 1 unspecified atom stereocenters. The van der Waals surface area contributed by atoms with E-state index in [1.807, 2.05) is 6.92 Å². The Kier molecular flexibility index (Phi) is 10.9. The molecule has 14 nitrogen and oxygen atoms in total. The van der Waals surface area contributed by atoms with Gasteiger partial charge in [0.2, 0.25) is 21.9 Å². The van der Waals surface area contributed by atoms with Crippen molar-refractivity contribution in [3.8, 4) is 23.1 Å². The number of nitrogens with one attached hydrogen (secondary N) is 1. The third-order valence-corrected chi connectivity index (χ3v) is 7.47. The minimum absolute atomic E-state index is 0.0608. The van der Waals surface area contributed by atoms with Crippen molar-refractivity contribution < 1.29 is 32.1 Å². The second kappa shape index (κ2) is 14.1. The first kappa shape index (κ1) is 30.1. The summed E-state index contributed by atoms with van der Waals surface area (Å²) in [6.45, 7) is 4.08. The van der Waals surface area contributed by atoms with Gasteiger partial charge in [0.1, 0.15) is 23.3 Å². The van der Waals surface area contributed by atoms with E-state index in [0.717, 1.165) is 0 Å². The van der Waals surface area contributed by atoms with Crippen LogP contribution in [0.5, 0.6) is 11.6 Å². The molecule has 0 saturated carbocycles. The minimum atomic E-state index is -4.11. The van der Waals surface area contributed by atoms with Crippen molar-refractivity contribution in [2.75, 3.05) is 46.4 Å². The zero-order chi connectivity index (χ0) is 28.4. The van der Waals surface area contributed by atoms with Crippen molar-refractivity contribution in [2.45, 2.75) is 44.3 Å². The summed E-state index contributed by atoms with van der Waals surface area (Å²) in [6.07, 6.45) is 2.34. The Morgan fingerprint density at radius 2 is 1.77 bits per heavy atom. The van der Waals surface area contributed by atoms with Gasteiger partial charge in [-0.25, -0.2) is 23.4 Å². The SMILES string of the molecule is CCCO[C@@H](c1ncc(OC)cn1)[C@H](C)S(=O)(=O)Nc1nnc(-c2cccc(OC)n2)n1C(CCOC)OC. The Hall–Kier alpha value is -3.40. The van der Waals surface area contributed by atoms with E-state index < -0.39 is 27.6 Å². The summed E-state index contributed by atoms with van der Waals surface area (Å²) in [7, 11) is 1.94. The van der Waals surface area contributed by atoms with Crippen LogP contribution in [0.3, 0.4) is 0 Å². The Bertz CT molecular complexity index is 1290. The lowest BCUT2D eigenvalue weighted by atomic mass is 10.2. The maximum Gasteiger partial charge on any atom is 0.240 e. The summed E-state index contributed by atoms with van der Waals surface area (Å²) in [6, 6.07) is 5.14. The van der Waals surface area contributed by atoms with Gasteiger partial charge >= 0.3 is 0 Å². The standard InChI is InChI=1S/C24H35N7O7S/c1-7-12-38-21(22-25-14-17(35-4)15-26-22)16(2)39(32,33)30-24-29-28-23(18-9-8-10-19(27-18)36-5)31(24)20(37-6)11-13-34-3/h8-10,14-16,20-21H,7,11-13H2,1-6H3,(H,29,30)/t16-,20?,21+/m0/s1. The highest BCUT2D eigenvalue weighted by molar-refractivity contribution is 7.93. The second-order valence-corrected chi connectivity index (χ2v) is 10.4. The van der Waals surface area contributed by atoms with Crippen LogP contribution < -0.4 is 14.2 Å². The molecule has 3 heterocycles. The summed E-state index contributed by atoms with van der Waals surface area (Å²) in [5.41, 5.74) is 0.413. The minimum Gasteiger partial charge on any atom is -0.494 e. The number of sulfonamides is 1. The van der Waals surface area contributed by atoms with E-state index in [0.29, 0.717) is 43.4 Å². The van der Waals surface area contributed by atoms with Crippen molar-refractivity contribution in [3.05, 3.63) is 36.4 Å². The number of hydrogen-bond acceptors (Lipinski definition) is 12. The summed E-state index contributed by atoms with van der Waals surface area (Å²) in [5.74, 6) is 1.22. The highest BCUT2D eigenvalue weighted by Gasteiger charge is 2.35. The van der Waals surface area contributed by atoms with Gasteiger partial charge in [-0.15, -0.1) is 10.2 Å². The van der Waals surface area contributed by atoms with E-state index >= 15 is 0 Å². The summed E-state index contributed by atoms with van der Waals surface area (Å²) in [5, 5.41) is 7.26. The van der Waals surface area contributed by atoms with Crippen LogP contribution in [0.4, 0.5) is 5.95 Å². The molecule has 3 aromatic rings. The molecule has 0 aliphatic heterocycles. The van der Waals surface area contributed by atoms with Gasteiger partial charge < -0.3 is 23.7 Å². The van der Waals surface area contributed by atoms with Crippen molar-refractivity contribution in [2.24, 2.45) is 0 Å². The largest absolute Gasteiger partial charge is 0.494 e. The first-order valence-corrected chi connectivity index (χ1v) is 13.8. The van der Waals surface area contributed by atoms with Gasteiger partial charge in [0.25, 0.3) is 0 Å². The van der Waals surface area contributed by atoms with E-state index in [2.05, 4.69) is 29.9 Å². The van der Waals surface area contributed by atoms with E-state index in [9.17, 15) is 8.42 Å². The van der Waals surface area contributed by atoms with Crippen LogP contribution in [0.2, 0.25) is 0 Å². The quantitative estimate of drug-likeness (QED) is 0.271. The Labute approximate surface area is 228 Å². The number of nitrogens with zero attached hydrogens (tertiary/aromatic N) is 6. The molecule has 0 spiro atoms. The fourth-order valence-corrected chi connectivity index (χ4v) is 4.76. The highest BCUT2D eigenvalue weighted by Crippen LogP contribution is 2.30. The lowest BCUT2D eigenvalue weighted by Crippen LogP contribution is -2.34. The monoisotopic (exact) mass is 565 g/mol. The third kappa shape index (κ3) is 7.38. The van der Waals surface area contributed by atoms with Gasteiger partial charge in [-0.1, -0.05) is 13.0 Å². The molecule has 3 atom stereocenters. The molecule has 0 fully saturated rings. The fourth-order valence-electron chi connectivity index (χ4n) is 3.66. The van der Waals surface area contributed by atoms with Gasteiger partial charge in [0, 0.05) is 33.3 Å². The molecule has 3 aromatic heterocycles. The third-order valence-electron chi connectivity index (χ3n) is 5.78. The molecular weight excluding hydrogens is 530 g/mol. The van der Waals surface area contributed by atoms with Gasteiger partial charge in [-0.2, -0.15) is 0 Å². The molecule has 0 bridgehead atoms. The Morgan fingerprint density at radius 1 is 1.03 bits per heavy atom. The van der Waals surface area contributed by atoms with Gasteiger partial charge in [-0.05, 0) is 19.4 Å². The zero-order valence-corrected chi connectivity index (χ0v) is 23.7. The first-order valence-electron chi connectivity index (χ1n) is 12.3. The number of pyridine rings is 1. The van der Waals surface area contributed by atoms with Crippen LogP contribution in [0.15, 0.2) is 30.6 Å². The van der Waals surface area contributed by atoms with Gasteiger partial charge in [0.15, 0.2) is 17.4 Å². The Morgan fingerprint density at radius 3 is 2.38 bits per heavy atom. The zero-order valence-electron chi connectivity index (χ0n) is 22.9. The van der Waals surface area contributed by atoms with Crippen molar-refractivity contribution in [3.63, 3.8) is 0 Å². The molecule has 0 aromatic carbocycles. The van der Waals surface area contributed by atoms with Crippen molar-refractivity contribution in [1.82, 2.24) is 29.7 Å². The first-order chi connectivity index (χ1) is 18.8. The molecule has 1 N–H and O–H groups in total. The molecule has 0 radical (unpaired) electrons. The lowest BCUT2D eigenvalue weighted by Gasteiger charge is -2.25. The van der Waals surface area contributed by atoms with E-state index in [1.54, 1.807) is 25.3 Å². The average Bonchev–Trinajstić information content (AvgIpc) is 3.36. The molecule has 0 aliphatic rings. The number of aromatic nitrogens is 6. The molecule has 15 heteroatoms. The highest BCUT2D eigenvalue weighted by atomic mass is 32.2. The van der Waals surface area contributed by atoms with Crippen molar-refractivity contribution in [1.29, 1.82) is 0 Å². The predicted octanol–water partition coefficient (Wildman–Crippen LogP) is 2.63. The molecule has 0 saturated heterocycles. The Balaban J connectivity index is 2.01. The van der Waals surface area contributed by atoms with E-state index in [4.69, 9.17) is 23.7 Å². The summed E-state index contributed by atoms with van der Waals surface area (Å²) in [4.78, 5) is 12.9. The van der Waals surface area contributed by atoms with E-state index in [-0.39, 0.29) is 17.6 Å². The van der Waals surface area contributed by atoms with Crippen LogP contribution in [0, 0.1) is 0 Å². The van der Waals surface area contributed by atoms with Crippen LogP contribution in [0.25, 0.3) is 11.5 Å². The smallest absolute Gasteiger partial charge is 0.240 e. The molecule has 214 valence electrons. The maximum absolute atomic E-state index is 13.7. The number of ether oxygens (including phenoxy) is 5. The molecule has 39 heavy (non-hydrogen) atoms. The lowest BCUT2D eigenvalue weighted by molar-refractivity contribution is 0.0189. The molecule has 0 amide bonds. The second-order valence-electron chi connectivity index (χ2n) is 8.38. The van der Waals surface area contributed by atoms with Gasteiger partial charge in [-0.3, -0.25) is 9.29 Å². The number of methoxy groups -OCH3 is 4. The average molecular weight is 566 g/mol. The predicted molar refractivity (Wildman–Crippen MR) is 142 cm³/mol. The van der Waals surface area contributed by atoms with Gasteiger partial charge in [0.05, 0.1) is 33.2 Å². The number of rotatable bonds is 16. The molecule has 0 aliphatic carbocycles. The fraction of sp³-hybridized carbons (Fsp3) is 0.542. The van der Waals surface area contributed by atoms with Crippen LogP contribution in [-0.2, 0) is 24.2 Å². The van der Waals surface area contributed by atoms with Crippen molar-refractivity contribution >= 4 is 16.0 Å². The van der Waals surface area contributed by atoms with Crippen LogP contribution in [-0.4, -0.2) is 85.0 Å². The normalized spacial score (nSPS) is 14.0. The van der Waals surface area contributed by atoms with E-state index in [1.165, 1.54) is 45.2 Å². The number of hydrogen-bond donors (Lipinski definition) is 1. The summed E-state index contributed by atoms with van der Waals surface area (Å²) >= 11 is 0. The topological polar surface area (TPSA) is 162 Å². The van der Waals surface area contributed by atoms with Crippen LogP contribution >= 0.6 is 0 Å². The number of anilines is 1. The molecular formula is C24H35N7O7S. The maximum atomic E-state index is 13.7. The molecule has 3 rings (SSSR count). The van der Waals surface area contributed by atoms with Crippen LogP contribution in [0.1, 0.15) is 44.8 Å². The summed E-state index contributed by atoms with van der Waals surface area (Å²) < 4.78 is 58.6.